The smallest absolute Gasteiger partial charge is 0.323 e. The number of carbonyl (C=O) groups excluding carboxylic acids is 2. The Morgan fingerprint density at radius 1 is 1.25 bits per heavy atom. The van der Waals surface area contributed by atoms with E-state index in [1.54, 1.807) is 0 Å². The van der Waals surface area contributed by atoms with Gasteiger partial charge in [0.05, 0.1) is 6.67 Å². The fourth-order valence-electron chi connectivity index (χ4n) is 3.70. The fraction of sp³-hybridized carbons (Fsp3) is 0.579. The number of nitrogens with one attached hydrogen (secondary N) is 1. The molecule has 5 heteroatoms. The Labute approximate surface area is 144 Å². The Morgan fingerprint density at radius 3 is 2.71 bits per heavy atom. The normalized spacial score (nSPS) is 28.2. The standard InChI is InChI=1S/C19H27N3O2/c1-15-7-6-12-21(13-15)14-22-17(23)19(2,20-18(22)24)11-10-16-8-4-3-5-9-16/h3-5,8-9,15H,6-7,10-14H2,1-2H3,(H,20,24)/t15-,19-/m1/s1. The van der Waals surface area contributed by atoms with Gasteiger partial charge in [0.2, 0.25) is 0 Å². The average molecular weight is 329 g/mol. The molecule has 0 bridgehead atoms. The quantitative estimate of drug-likeness (QED) is 0.845. The highest BCUT2D eigenvalue weighted by Crippen LogP contribution is 2.24. The third kappa shape index (κ3) is 3.61. The number of aryl methyl sites for hydroxylation is 1. The fourth-order valence-corrected chi connectivity index (χ4v) is 3.70. The minimum absolute atomic E-state index is 0.0957. The van der Waals surface area contributed by atoms with Crippen LogP contribution in [0.15, 0.2) is 30.3 Å². The summed E-state index contributed by atoms with van der Waals surface area (Å²) in [5.41, 5.74) is 0.387. The van der Waals surface area contributed by atoms with Crippen molar-refractivity contribution in [3.8, 4) is 0 Å². The number of carbonyl (C=O) groups is 2. The summed E-state index contributed by atoms with van der Waals surface area (Å²) in [4.78, 5) is 28.8. The Morgan fingerprint density at radius 2 is 2.00 bits per heavy atom. The van der Waals surface area contributed by atoms with E-state index in [-0.39, 0.29) is 11.9 Å². The zero-order chi connectivity index (χ0) is 17.2. The van der Waals surface area contributed by atoms with Gasteiger partial charge in [0.15, 0.2) is 0 Å². The van der Waals surface area contributed by atoms with Crippen LogP contribution in [0.3, 0.4) is 0 Å². The number of amides is 3. The molecule has 0 unspecified atom stereocenters. The molecule has 3 rings (SSSR count). The lowest BCUT2D eigenvalue weighted by Gasteiger charge is -2.33. The molecule has 2 saturated heterocycles. The number of hydrogen-bond donors (Lipinski definition) is 1. The molecule has 2 fully saturated rings. The minimum Gasteiger partial charge on any atom is -0.323 e. The zero-order valence-corrected chi connectivity index (χ0v) is 14.6. The number of nitrogens with zero attached hydrogens (tertiary/aromatic N) is 2. The van der Waals surface area contributed by atoms with Crippen LogP contribution in [0.25, 0.3) is 0 Å². The molecule has 130 valence electrons. The molecule has 0 spiro atoms. The summed E-state index contributed by atoms with van der Waals surface area (Å²) in [6, 6.07) is 9.82. The summed E-state index contributed by atoms with van der Waals surface area (Å²) >= 11 is 0. The lowest BCUT2D eigenvalue weighted by molar-refractivity contribution is -0.132. The summed E-state index contributed by atoms with van der Waals surface area (Å²) in [7, 11) is 0. The summed E-state index contributed by atoms with van der Waals surface area (Å²) in [5.74, 6) is 0.533. The molecule has 3 amide bonds. The van der Waals surface area contributed by atoms with E-state index in [0.29, 0.717) is 19.0 Å². The molecule has 5 nitrogen and oxygen atoms in total. The van der Waals surface area contributed by atoms with Crippen molar-refractivity contribution in [3.63, 3.8) is 0 Å². The number of imide groups is 1. The number of piperidine rings is 1. The van der Waals surface area contributed by atoms with Gasteiger partial charge >= 0.3 is 6.03 Å². The van der Waals surface area contributed by atoms with Crippen molar-refractivity contribution in [2.45, 2.75) is 45.1 Å². The van der Waals surface area contributed by atoms with Crippen molar-refractivity contribution >= 4 is 11.9 Å². The van der Waals surface area contributed by atoms with Gasteiger partial charge in [-0.25, -0.2) is 9.69 Å². The van der Waals surface area contributed by atoms with Crippen molar-refractivity contribution < 1.29 is 9.59 Å². The van der Waals surface area contributed by atoms with E-state index in [9.17, 15) is 9.59 Å². The van der Waals surface area contributed by atoms with Crippen LogP contribution in [-0.4, -0.2) is 47.0 Å². The van der Waals surface area contributed by atoms with E-state index in [0.717, 1.165) is 25.9 Å². The van der Waals surface area contributed by atoms with Crippen LogP contribution in [0.5, 0.6) is 0 Å². The lowest BCUT2D eigenvalue weighted by Crippen LogP contribution is -2.47. The number of rotatable bonds is 5. The maximum Gasteiger partial charge on any atom is 0.326 e. The van der Waals surface area contributed by atoms with Gasteiger partial charge in [-0.05, 0) is 50.6 Å². The second-order valence-corrected chi connectivity index (χ2v) is 7.45. The first kappa shape index (κ1) is 17.0. The zero-order valence-electron chi connectivity index (χ0n) is 14.6. The minimum atomic E-state index is -0.797. The highest BCUT2D eigenvalue weighted by Gasteiger charge is 2.47. The molecule has 0 saturated carbocycles. The van der Waals surface area contributed by atoms with Crippen LogP contribution in [0.4, 0.5) is 4.79 Å². The topological polar surface area (TPSA) is 52.6 Å². The number of urea groups is 1. The maximum absolute atomic E-state index is 12.8. The SMILES string of the molecule is C[C@@H]1CCCN(CN2C(=O)N[C@](C)(CCc3ccccc3)C2=O)C1. The molecule has 2 atom stereocenters. The molecular formula is C19H27N3O2. The molecule has 1 N–H and O–H groups in total. The predicted octanol–water partition coefficient (Wildman–Crippen LogP) is 2.62. The number of hydrogen-bond acceptors (Lipinski definition) is 3. The molecule has 2 heterocycles. The molecule has 2 aliphatic rings. The monoisotopic (exact) mass is 329 g/mol. The number of benzene rings is 1. The summed E-state index contributed by atoms with van der Waals surface area (Å²) in [6.07, 6.45) is 3.76. The van der Waals surface area contributed by atoms with E-state index >= 15 is 0 Å². The van der Waals surface area contributed by atoms with E-state index in [1.807, 2.05) is 25.1 Å². The predicted molar refractivity (Wildman–Crippen MR) is 93.4 cm³/mol. The molecule has 0 radical (unpaired) electrons. The average Bonchev–Trinajstić information content (AvgIpc) is 2.78. The van der Waals surface area contributed by atoms with Crippen LogP contribution in [0.1, 0.15) is 38.7 Å². The van der Waals surface area contributed by atoms with Crippen molar-refractivity contribution in [1.82, 2.24) is 15.1 Å². The van der Waals surface area contributed by atoms with Crippen molar-refractivity contribution in [3.05, 3.63) is 35.9 Å². The summed E-state index contributed by atoms with van der Waals surface area (Å²) < 4.78 is 0. The van der Waals surface area contributed by atoms with Crippen molar-refractivity contribution in [2.75, 3.05) is 19.8 Å². The molecular weight excluding hydrogens is 302 g/mol. The van der Waals surface area contributed by atoms with Gasteiger partial charge in [-0.1, -0.05) is 37.3 Å². The molecule has 0 aromatic heterocycles. The Bertz CT molecular complexity index is 604. The Kier molecular flexibility index (Phi) is 4.90. The summed E-state index contributed by atoms with van der Waals surface area (Å²) in [6.45, 7) is 6.40. The van der Waals surface area contributed by atoms with Gasteiger partial charge < -0.3 is 5.32 Å². The first-order valence-electron chi connectivity index (χ1n) is 8.88. The third-order valence-corrected chi connectivity index (χ3v) is 5.18. The van der Waals surface area contributed by atoms with Crippen LogP contribution >= 0.6 is 0 Å². The maximum atomic E-state index is 12.8. The van der Waals surface area contributed by atoms with Gasteiger partial charge in [-0.15, -0.1) is 0 Å². The lowest BCUT2D eigenvalue weighted by atomic mass is 9.93. The van der Waals surface area contributed by atoms with Crippen LogP contribution in [-0.2, 0) is 11.2 Å². The highest BCUT2D eigenvalue weighted by molar-refractivity contribution is 6.06. The van der Waals surface area contributed by atoms with Crippen LogP contribution in [0.2, 0.25) is 0 Å². The Balaban J connectivity index is 1.62. The van der Waals surface area contributed by atoms with E-state index in [2.05, 4.69) is 29.3 Å². The van der Waals surface area contributed by atoms with E-state index < -0.39 is 5.54 Å². The third-order valence-electron chi connectivity index (χ3n) is 5.18. The first-order valence-corrected chi connectivity index (χ1v) is 8.88. The van der Waals surface area contributed by atoms with Gasteiger partial charge in [0.1, 0.15) is 5.54 Å². The highest BCUT2D eigenvalue weighted by atomic mass is 16.2. The first-order chi connectivity index (χ1) is 11.5. The molecule has 0 aliphatic carbocycles. The van der Waals surface area contributed by atoms with Gasteiger partial charge in [-0.2, -0.15) is 0 Å². The van der Waals surface area contributed by atoms with Gasteiger partial charge in [-0.3, -0.25) is 9.69 Å². The summed E-state index contributed by atoms with van der Waals surface area (Å²) in [5, 5.41) is 2.91. The molecule has 1 aromatic carbocycles. The van der Waals surface area contributed by atoms with E-state index in [1.165, 1.54) is 16.9 Å². The van der Waals surface area contributed by atoms with E-state index in [4.69, 9.17) is 0 Å². The molecule has 1 aromatic rings. The van der Waals surface area contributed by atoms with Crippen LogP contribution < -0.4 is 5.32 Å². The second kappa shape index (κ2) is 6.93. The number of likely N-dealkylation sites (tertiary alicyclic amines) is 1. The molecule has 24 heavy (non-hydrogen) atoms. The van der Waals surface area contributed by atoms with Gasteiger partial charge in [0, 0.05) is 6.54 Å². The second-order valence-electron chi connectivity index (χ2n) is 7.45. The van der Waals surface area contributed by atoms with Crippen LogP contribution in [0, 0.1) is 5.92 Å². The largest absolute Gasteiger partial charge is 0.326 e. The van der Waals surface area contributed by atoms with Crippen molar-refractivity contribution in [2.24, 2.45) is 5.92 Å². The Hall–Kier alpha value is -1.88. The van der Waals surface area contributed by atoms with Gasteiger partial charge in [0.25, 0.3) is 5.91 Å². The molecule has 2 aliphatic heterocycles. The van der Waals surface area contributed by atoms with Crippen molar-refractivity contribution in [1.29, 1.82) is 0 Å².